The molecule has 0 heterocycles. The van der Waals surface area contributed by atoms with E-state index in [0.29, 0.717) is 23.2 Å². The molecule has 0 atom stereocenters. The van der Waals surface area contributed by atoms with Gasteiger partial charge in [-0.05, 0) is 42.7 Å². The topological polar surface area (TPSA) is 55.1 Å². The lowest BCUT2D eigenvalue weighted by Crippen LogP contribution is -2.26. The molecule has 2 aromatic carbocycles. The fraction of sp³-hybridized carbons (Fsp3) is 0.188. The Morgan fingerprint density at radius 2 is 1.86 bits per heavy atom. The fourth-order valence-corrected chi connectivity index (χ4v) is 2.05. The summed E-state index contributed by atoms with van der Waals surface area (Å²) in [5, 5.41) is 2.69. The van der Waals surface area contributed by atoms with Crippen molar-refractivity contribution in [3.8, 4) is 0 Å². The molecule has 0 bridgehead atoms. The number of aryl methyl sites for hydroxylation is 1. The van der Waals surface area contributed by atoms with Gasteiger partial charge in [-0.25, -0.2) is 8.78 Å². The van der Waals surface area contributed by atoms with Crippen LogP contribution >= 0.6 is 0 Å². The highest BCUT2D eigenvalue weighted by Crippen LogP contribution is 2.16. The highest BCUT2D eigenvalue weighted by molar-refractivity contribution is 5.99. The largest absolute Gasteiger partial charge is 0.398 e. The molecule has 0 radical (unpaired) electrons. The van der Waals surface area contributed by atoms with Crippen molar-refractivity contribution in [1.82, 2.24) is 5.32 Å². The van der Waals surface area contributed by atoms with Crippen LogP contribution in [0.1, 0.15) is 21.5 Å². The maximum absolute atomic E-state index is 13.0. The molecule has 21 heavy (non-hydrogen) atoms. The van der Waals surface area contributed by atoms with Gasteiger partial charge in [-0.15, -0.1) is 0 Å². The molecule has 1 amide bonds. The number of nitrogens with two attached hydrogens (primary N) is 1. The van der Waals surface area contributed by atoms with Crippen LogP contribution in [0, 0.1) is 18.6 Å². The second-order valence-corrected chi connectivity index (χ2v) is 4.82. The van der Waals surface area contributed by atoms with Crippen LogP contribution in [0.25, 0.3) is 0 Å². The van der Waals surface area contributed by atoms with Gasteiger partial charge in [0.05, 0.1) is 5.56 Å². The second kappa shape index (κ2) is 6.35. The lowest BCUT2D eigenvalue weighted by Gasteiger charge is -2.09. The number of anilines is 1. The van der Waals surface area contributed by atoms with E-state index in [-0.39, 0.29) is 12.5 Å². The maximum atomic E-state index is 13.0. The number of carbonyl (C=O) groups is 1. The molecule has 2 rings (SSSR count). The molecule has 0 fully saturated rings. The Bertz CT molecular complexity index is 651. The number of hydrogen-bond acceptors (Lipinski definition) is 2. The summed E-state index contributed by atoms with van der Waals surface area (Å²) in [7, 11) is 0. The first kappa shape index (κ1) is 15.0. The summed E-state index contributed by atoms with van der Waals surface area (Å²) in [6.45, 7) is 2.09. The Morgan fingerprint density at radius 3 is 2.52 bits per heavy atom. The van der Waals surface area contributed by atoms with E-state index in [9.17, 15) is 13.6 Å². The van der Waals surface area contributed by atoms with Gasteiger partial charge in [0, 0.05) is 18.3 Å². The van der Waals surface area contributed by atoms with E-state index in [1.54, 1.807) is 12.1 Å². The van der Waals surface area contributed by atoms with Crippen molar-refractivity contribution in [2.24, 2.45) is 0 Å². The van der Waals surface area contributed by atoms with Crippen molar-refractivity contribution < 1.29 is 13.6 Å². The van der Waals surface area contributed by atoms with E-state index < -0.39 is 11.6 Å². The van der Waals surface area contributed by atoms with Gasteiger partial charge in [0.2, 0.25) is 0 Å². The Kier molecular flexibility index (Phi) is 4.52. The summed E-state index contributed by atoms with van der Waals surface area (Å²) in [6.07, 6.45) is 0.339. The number of benzene rings is 2. The molecule has 0 unspecified atom stereocenters. The zero-order valence-corrected chi connectivity index (χ0v) is 11.6. The zero-order valence-electron chi connectivity index (χ0n) is 11.6. The third-order valence-electron chi connectivity index (χ3n) is 3.19. The minimum atomic E-state index is -0.626. The molecule has 0 spiro atoms. The molecule has 0 aliphatic carbocycles. The molecular formula is C16H16F2N2O. The minimum absolute atomic E-state index is 0.273. The summed E-state index contributed by atoms with van der Waals surface area (Å²) in [5.41, 5.74) is 8.01. The van der Waals surface area contributed by atoms with E-state index in [1.165, 1.54) is 12.1 Å². The van der Waals surface area contributed by atoms with E-state index in [2.05, 4.69) is 5.32 Å². The van der Waals surface area contributed by atoms with Crippen LogP contribution in [0.2, 0.25) is 0 Å². The van der Waals surface area contributed by atoms with Crippen molar-refractivity contribution in [2.75, 3.05) is 12.3 Å². The first-order chi connectivity index (χ1) is 9.97. The molecular weight excluding hydrogens is 274 g/mol. The number of nitrogens with one attached hydrogen (secondary N) is 1. The quantitative estimate of drug-likeness (QED) is 0.851. The van der Waals surface area contributed by atoms with Crippen LogP contribution in [0.3, 0.4) is 0 Å². The number of hydrogen-bond donors (Lipinski definition) is 2. The van der Waals surface area contributed by atoms with E-state index in [1.807, 2.05) is 13.0 Å². The van der Waals surface area contributed by atoms with Crippen molar-refractivity contribution >= 4 is 11.6 Å². The maximum Gasteiger partial charge on any atom is 0.253 e. The van der Waals surface area contributed by atoms with E-state index >= 15 is 0 Å². The molecule has 0 aliphatic rings. The lowest BCUT2D eigenvalue weighted by molar-refractivity contribution is 0.0955. The second-order valence-electron chi connectivity index (χ2n) is 4.82. The van der Waals surface area contributed by atoms with Crippen LogP contribution in [0.5, 0.6) is 0 Å². The Balaban J connectivity index is 1.97. The Morgan fingerprint density at radius 1 is 1.19 bits per heavy atom. The van der Waals surface area contributed by atoms with Gasteiger partial charge in [-0.1, -0.05) is 12.1 Å². The number of para-hydroxylation sites is 1. The summed E-state index contributed by atoms with van der Waals surface area (Å²) >= 11 is 0. The van der Waals surface area contributed by atoms with Gasteiger partial charge in [-0.2, -0.15) is 0 Å². The average Bonchev–Trinajstić information content (AvgIpc) is 2.40. The molecule has 0 saturated carbocycles. The molecule has 2 aromatic rings. The minimum Gasteiger partial charge on any atom is -0.398 e. The first-order valence-electron chi connectivity index (χ1n) is 6.55. The van der Waals surface area contributed by atoms with Crippen molar-refractivity contribution in [2.45, 2.75) is 13.3 Å². The van der Waals surface area contributed by atoms with Crippen LogP contribution in [0.15, 0.2) is 36.4 Å². The number of carbonyl (C=O) groups excluding carboxylic acids is 1. The van der Waals surface area contributed by atoms with Gasteiger partial charge in [-0.3, -0.25) is 4.79 Å². The van der Waals surface area contributed by atoms with Gasteiger partial charge in [0.25, 0.3) is 5.91 Å². The first-order valence-corrected chi connectivity index (χ1v) is 6.55. The zero-order chi connectivity index (χ0) is 15.4. The average molecular weight is 290 g/mol. The van der Waals surface area contributed by atoms with Crippen molar-refractivity contribution in [3.63, 3.8) is 0 Å². The van der Waals surface area contributed by atoms with Crippen LogP contribution < -0.4 is 11.1 Å². The van der Waals surface area contributed by atoms with Crippen LogP contribution in [0.4, 0.5) is 14.5 Å². The van der Waals surface area contributed by atoms with E-state index in [0.717, 1.165) is 11.6 Å². The Labute approximate surface area is 121 Å². The third kappa shape index (κ3) is 3.78. The smallest absolute Gasteiger partial charge is 0.253 e. The number of amides is 1. The van der Waals surface area contributed by atoms with Gasteiger partial charge in [0.1, 0.15) is 11.6 Å². The SMILES string of the molecule is Cc1cccc(C(=O)NCCc2cc(F)cc(F)c2)c1N. The third-order valence-corrected chi connectivity index (χ3v) is 3.19. The van der Waals surface area contributed by atoms with Crippen LogP contribution in [-0.2, 0) is 6.42 Å². The summed E-state index contributed by atoms with van der Waals surface area (Å²) in [4.78, 5) is 12.0. The van der Waals surface area contributed by atoms with E-state index in [4.69, 9.17) is 5.73 Å². The lowest BCUT2D eigenvalue weighted by atomic mass is 10.1. The molecule has 110 valence electrons. The standard InChI is InChI=1S/C16H16F2N2O/c1-10-3-2-4-14(15(10)19)16(21)20-6-5-11-7-12(17)9-13(18)8-11/h2-4,7-9H,5-6,19H2,1H3,(H,20,21). The van der Waals surface area contributed by atoms with Gasteiger partial charge in [0.15, 0.2) is 0 Å². The normalized spacial score (nSPS) is 10.4. The van der Waals surface area contributed by atoms with Crippen molar-refractivity contribution in [3.05, 3.63) is 64.7 Å². The fourth-order valence-electron chi connectivity index (χ4n) is 2.05. The molecule has 0 aromatic heterocycles. The van der Waals surface area contributed by atoms with Gasteiger partial charge < -0.3 is 11.1 Å². The number of nitrogen functional groups attached to an aromatic ring is 1. The summed E-state index contributed by atoms with van der Waals surface area (Å²) in [5.74, 6) is -1.55. The number of rotatable bonds is 4. The van der Waals surface area contributed by atoms with Gasteiger partial charge >= 0.3 is 0 Å². The summed E-state index contributed by atoms with van der Waals surface area (Å²) < 4.78 is 26.1. The molecule has 3 N–H and O–H groups in total. The Hall–Kier alpha value is -2.43. The highest BCUT2D eigenvalue weighted by atomic mass is 19.1. The molecule has 5 heteroatoms. The predicted molar refractivity (Wildman–Crippen MR) is 78.0 cm³/mol. The molecule has 3 nitrogen and oxygen atoms in total. The summed E-state index contributed by atoms with van der Waals surface area (Å²) in [6, 6.07) is 8.52. The van der Waals surface area contributed by atoms with Crippen LogP contribution in [-0.4, -0.2) is 12.5 Å². The molecule has 0 aliphatic heterocycles. The van der Waals surface area contributed by atoms with Crippen molar-refractivity contribution in [1.29, 1.82) is 0 Å². The highest BCUT2D eigenvalue weighted by Gasteiger charge is 2.10. The molecule has 0 saturated heterocycles. The predicted octanol–water partition coefficient (Wildman–Crippen LogP) is 2.83. The monoisotopic (exact) mass is 290 g/mol. The number of halogens is 2.